The topological polar surface area (TPSA) is 498 Å². The fourth-order valence-corrected chi connectivity index (χ4v) is 6.32. The van der Waals surface area contributed by atoms with Crippen LogP contribution in [-0.2, 0) is 57.5 Å². The van der Waals surface area contributed by atoms with E-state index in [1.54, 1.807) is 0 Å². The molecule has 1 aliphatic heterocycles. The summed E-state index contributed by atoms with van der Waals surface area (Å²) < 4.78 is 0.0350. The first-order valence-electron chi connectivity index (χ1n) is 22.4. The standard InChI is InChI=1S/C39H64N14O18/c40-10-2-1-6-23(47-32(62)22(41)16-54)33(63)43-14-30(60)46-25(8-4-12-52(70)20-58)37(67)51-29(19-57)39(69)50-28(18-56)35(65)44-15-31(61)45-24-7-3-11-42-34(64)27(17-55)49-38(68)26(48-36(24)66)9-5-13-53(71)21-59/h20-29,54-57H,1-19,40-41H2,(H8-2,42,43,44,45,46,47,48,49,50,51,60,61,62,63,64,65,66,67,68,69)/p+2/t22-,23+,24+,25+,26-,27+,28-,29+/m1/s1. The van der Waals surface area contributed by atoms with Crippen molar-refractivity contribution in [2.75, 3.05) is 65.7 Å². The van der Waals surface area contributed by atoms with Gasteiger partial charge in [-0.1, -0.05) is 0 Å². The maximum absolute atomic E-state index is 13.4. The third-order valence-electron chi connectivity index (χ3n) is 10.3. The van der Waals surface area contributed by atoms with Gasteiger partial charge >= 0.3 is 12.8 Å². The van der Waals surface area contributed by atoms with E-state index in [0.29, 0.717) is 12.8 Å². The van der Waals surface area contributed by atoms with Crippen LogP contribution in [0.3, 0.4) is 0 Å². The van der Waals surface area contributed by atoms with Gasteiger partial charge in [0.25, 0.3) is 0 Å². The maximum Gasteiger partial charge on any atom is 0.421 e. The van der Waals surface area contributed by atoms with Crippen LogP contribution >= 0.6 is 0 Å². The summed E-state index contributed by atoms with van der Waals surface area (Å²) in [6.07, 6.45) is -0.0314. The van der Waals surface area contributed by atoms with Gasteiger partial charge < -0.3 is 85.1 Å². The van der Waals surface area contributed by atoms with E-state index < -0.39 is 153 Å². The van der Waals surface area contributed by atoms with E-state index in [2.05, 4.69) is 53.2 Å². The number of nitrogens with zero attached hydrogens (tertiary/aromatic N) is 2. The molecule has 18 N–H and O–H groups in total. The van der Waals surface area contributed by atoms with E-state index >= 15 is 0 Å². The average Bonchev–Trinajstić information content (AvgIpc) is 3.35. The van der Waals surface area contributed by atoms with Crippen LogP contribution < -0.4 is 64.6 Å². The molecule has 8 atom stereocenters. The summed E-state index contributed by atoms with van der Waals surface area (Å²) in [5.41, 5.74) is 11.0. The summed E-state index contributed by atoms with van der Waals surface area (Å²) in [7, 11) is 0. The van der Waals surface area contributed by atoms with Gasteiger partial charge in [0, 0.05) is 29.2 Å². The largest absolute Gasteiger partial charge is 0.421 e. The number of carbonyl (C=O) groups is 12. The van der Waals surface area contributed by atoms with Gasteiger partial charge in [0.05, 0.1) is 49.0 Å². The molecule has 0 spiro atoms. The number of hydrogen-bond acceptors (Lipinski definition) is 20. The van der Waals surface area contributed by atoms with E-state index in [4.69, 9.17) is 11.5 Å². The molecule has 1 heterocycles. The Morgan fingerprint density at radius 2 is 1.15 bits per heavy atom. The second-order valence-corrected chi connectivity index (χ2v) is 15.8. The molecular weight excluding hydrogens is 953 g/mol. The van der Waals surface area contributed by atoms with Gasteiger partial charge in [0.1, 0.15) is 48.3 Å². The second kappa shape index (κ2) is 34.3. The molecule has 0 aromatic heterocycles. The van der Waals surface area contributed by atoms with E-state index in [9.17, 15) is 87.8 Å². The highest BCUT2D eigenvalue weighted by Gasteiger charge is 2.33. The third-order valence-corrected chi connectivity index (χ3v) is 10.3. The Kier molecular flexibility index (Phi) is 30.0. The number of hydrogen-bond donors (Lipinski definition) is 16. The molecule has 0 aliphatic carbocycles. The van der Waals surface area contributed by atoms with Gasteiger partial charge in [-0.15, -0.1) is 0 Å². The number of amides is 12. The predicted octanol–water partition coefficient (Wildman–Crippen LogP) is -10.6. The summed E-state index contributed by atoms with van der Waals surface area (Å²) in [5, 5.41) is 61.5. The molecule has 1 rings (SSSR count). The van der Waals surface area contributed by atoms with Crippen molar-refractivity contribution in [3.8, 4) is 0 Å². The van der Waals surface area contributed by atoms with E-state index in [1.807, 2.05) is 0 Å². The van der Waals surface area contributed by atoms with Crippen molar-refractivity contribution in [2.24, 2.45) is 11.5 Å². The highest BCUT2D eigenvalue weighted by Crippen LogP contribution is 2.06. The lowest BCUT2D eigenvalue weighted by atomic mass is 10.1. The fraction of sp³-hybridized carbons (Fsp3) is 0.692. The molecular formula is C39H66N14O18+2. The van der Waals surface area contributed by atoms with Crippen LogP contribution in [0.5, 0.6) is 0 Å². The van der Waals surface area contributed by atoms with Crippen molar-refractivity contribution >= 4 is 71.9 Å². The van der Waals surface area contributed by atoms with Crippen molar-refractivity contribution in [2.45, 2.75) is 106 Å². The monoisotopic (exact) mass is 1020 g/mol. The van der Waals surface area contributed by atoms with Crippen LogP contribution in [0.1, 0.15) is 57.8 Å². The minimum atomic E-state index is -1.87. The minimum absolute atomic E-state index is 0.00231. The first-order valence-corrected chi connectivity index (χ1v) is 22.4. The quantitative estimate of drug-likeness (QED) is 0.0169. The van der Waals surface area contributed by atoms with Crippen molar-refractivity contribution in [1.29, 1.82) is 0 Å². The Hall–Kier alpha value is -7.00. The molecule has 12 amide bonds. The van der Waals surface area contributed by atoms with E-state index in [-0.39, 0.29) is 86.9 Å². The molecule has 32 nitrogen and oxygen atoms in total. The Morgan fingerprint density at radius 3 is 1.73 bits per heavy atom. The minimum Gasteiger partial charge on any atom is -0.394 e. The van der Waals surface area contributed by atoms with Gasteiger partial charge in [-0.25, -0.2) is 9.59 Å². The Bertz CT molecular complexity index is 1890. The molecule has 0 aromatic carbocycles. The molecule has 0 unspecified atom stereocenters. The van der Waals surface area contributed by atoms with Gasteiger partial charge in [0.2, 0.25) is 72.2 Å². The Balaban J connectivity index is 3.04. The zero-order valence-corrected chi connectivity index (χ0v) is 38.8. The number of unbranched alkanes of at least 4 members (excludes halogenated alkanes) is 1. The molecule has 71 heavy (non-hydrogen) atoms. The van der Waals surface area contributed by atoms with Crippen molar-refractivity contribution in [1.82, 2.24) is 53.2 Å². The summed E-state index contributed by atoms with van der Waals surface area (Å²) in [6, 6.07) is -12.0. The first kappa shape index (κ1) is 62.0. The zero-order valence-electron chi connectivity index (χ0n) is 38.8. The molecule has 0 saturated carbocycles. The molecule has 1 aliphatic rings. The maximum atomic E-state index is 13.4. The van der Waals surface area contributed by atoms with Crippen molar-refractivity contribution in [3.05, 3.63) is 9.81 Å². The predicted molar refractivity (Wildman–Crippen MR) is 239 cm³/mol. The molecule has 0 radical (unpaired) electrons. The average molecular weight is 1020 g/mol. The van der Waals surface area contributed by atoms with Gasteiger partial charge in [-0.2, -0.15) is 0 Å². The van der Waals surface area contributed by atoms with E-state index in [0.717, 1.165) is 0 Å². The number of carbonyl (C=O) groups excluding carboxylic acids is 12. The highest BCUT2D eigenvalue weighted by molar-refractivity contribution is 5.97. The third kappa shape index (κ3) is 23.9. The fourth-order valence-electron chi connectivity index (χ4n) is 6.32. The highest BCUT2D eigenvalue weighted by atomic mass is 16.3. The lowest BCUT2D eigenvalue weighted by molar-refractivity contribution is -0.454. The van der Waals surface area contributed by atoms with Crippen LogP contribution in [0, 0.1) is 9.81 Å². The van der Waals surface area contributed by atoms with E-state index in [1.165, 1.54) is 0 Å². The second-order valence-electron chi connectivity index (χ2n) is 15.8. The number of nitroso groups, excluding NO2 is 2. The number of aliphatic hydroxyl groups excluding tert-OH is 4. The van der Waals surface area contributed by atoms with Gasteiger partial charge in [-0.05, 0) is 51.5 Å². The molecule has 1 saturated heterocycles. The van der Waals surface area contributed by atoms with Crippen molar-refractivity contribution < 1.29 is 87.5 Å². The smallest absolute Gasteiger partial charge is 0.394 e. The summed E-state index contributed by atoms with van der Waals surface area (Å²) in [5.74, 6) is -9.86. The number of rotatable bonds is 32. The molecule has 398 valence electrons. The first-order chi connectivity index (χ1) is 33.8. The molecule has 32 heteroatoms. The molecule has 0 bridgehead atoms. The number of aliphatic hydroxyl groups is 4. The normalized spacial score (nSPS) is 18.2. The van der Waals surface area contributed by atoms with Crippen LogP contribution in [0.25, 0.3) is 0 Å². The summed E-state index contributed by atoms with van der Waals surface area (Å²) >= 11 is 0. The SMILES string of the molecule is NCCCC[C@H](NC(=O)[C@H](N)CO)C(=O)NCC(=O)N[C@@H](CCC[N+](=O)C=O)C(=O)N[C@@H](CO)C(=O)N[C@H](CO)C(=O)NCC(=O)N[C@H]1CCCNC(=O)[C@H](CO)NC(=O)[C@@H](CCC[N+](=O)C=O)NC1=O. The van der Waals surface area contributed by atoms with Crippen molar-refractivity contribution in [3.63, 3.8) is 0 Å². The number of nitrogens with one attached hydrogen (secondary N) is 10. The van der Waals surface area contributed by atoms with Gasteiger partial charge in [-0.3, -0.25) is 47.9 Å². The van der Waals surface area contributed by atoms with Gasteiger partial charge in [0.15, 0.2) is 0 Å². The number of nitrogens with two attached hydrogens (primary N) is 2. The molecule has 0 aromatic rings. The van der Waals surface area contributed by atoms with Crippen LogP contribution in [-0.4, -0.2) is 216 Å². The molecule has 1 fully saturated rings. The Labute approximate surface area is 405 Å². The summed E-state index contributed by atoms with van der Waals surface area (Å²) in [4.78, 5) is 174. The van der Waals surface area contributed by atoms with Crippen LogP contribution in [0.4, 0.5) is 0 Å². The summed E-state index contributed by atoms with van der Waals surface area (Å²) in [6.45, 7) is -5.98. The lowest BCUT2D eigenvalue weighted by Crippen LogP contribution is -2.60. The van der Waals surface area contributed by atoms with Crippen LogP contribution in [0.15, 0.2) is 0 Å². The van der Waals surface area contributed by atoms with Crippen LogP contribution in [0.2, 0.25) is 0 Å². The Morgan fingerprint density at radius 1 is 0.634 bits per heavy atom. The zero-order chi connectivity index (χ0) is 53.5. The lowest BCUT2D eigenvalue weighted by Gasteiger charge is -2.26.